The highest BCUT2D eigenvalue weighted by Gasteiger charge is 1.95. The number of carboxylic acids is 1. The van der Waals surface area contributed by atoms with Crippen molar-refractivity contribution in [1.29, 1.82) is 0 Å². The fourth-order valence-electron chi connectivity index (χ4n) is 0.671. The van der Waals surface area contributed by atoms with E-state index in [0.717, 1.165) is 6.08 Å². The van der Waals surface area contributed by atoms with Crippen molar-refractivity contribution in [3.05, 3.63) is 35.1 Å². The van der Waals surface area contributed by atoms with Crippen LogP contribution in [0.25, 0.3) is 6.08 Å². The van der Waals surface area contributed by atoms with E-state index in [4.69, 9.17) is 16.7 Å². The molecule has 0 saturated carbocycles. The van der Waals surface area contributed by atoms with Crippen molar-refractivity contribution in [2.45, 2.75) is 0 Å². The van der Waals surface area contributed by atoms with Gasteiger partial charge in [0.05, 0.1) is 10.7 Å². The Labute approximate surface area is 74.3 Å². The minimum absolute atomic E-state index is 0.440. The molecule has 0 unspecified atom stereocenters. The van der Waals surface area contributed by atoms with Gasteiger partial charge in [0.1, 0.15) is 0 Å². The minimum atomic E-state index is -1.02. The molecular formula is C8H6ClNO2. The van der Waals surface area contributed by atoms with Gasteiger partial charge in [-0.1, -0.05) is 11.6 Å². The Kier molecular flexibility index (Phi) is 2.82. The SMILES string of the molecule is O=C(O)C=Cc1ncccc1Cl. The molecule has 62 valence electrons. The lowest BCUT2D eigenvalue weighted by Crippen LogP contribution is -1.87. The number of rotatable bonds is 2. The van der Waals surface area contributed by atoms with Gasteiger partial charge in [0.15, 0.2) is 0 Å². The van der Waals surface area contributed by atoms with Crippen LogP contribution in [0.5, 0.6) is 0 Å². The number of hydrogen-bond donors (Lipinski definition) is 1. The number of carboxylic acid groups (broad SMARTS) is 1. The van der Waals surface area contributed by atoms with Crippen LogP contribution in [0.3, 0.4) is 0 Å². The lowest BCUT2D eigenvalue weighted by molar-refractivity contribution is -0.131. The van der Waals surface area contributed by atoms with Crippen molar-refractivity contribution < 1.29 is 9.90 Å². The second-order valence-corrected chi connectivity index (χ2v) is 2.45. The van der Waals surface area contributed by atoms with Gasteiger partial charge >= 0.3 is 5.97 Å². The van der Waals surface area contributed by atoms with Crippen LogP contribution < -0.4 is 0 Å². The normalized spacial score (nSPS) is 10.4. The molecule has 3 nitrogen and oxygen atoms in total. The molecule has 0 amide bonds. The third-order valence-corrected chi connectivity index (χ3v) is 1.49. The van der Waals surface area contributed by atoms with Gasteiger partial charge < -0.3 is 5.11 Å². The number of hydrogen-bond acceptors (Lipinski definition) is 2. The number of halogens is 1. The minimum Gasteiger partial charge on any atom is -0.478 e. The van der Waals surface area contributed by atoms with Crippen LogP contribution in [0.15, 0.2) is 24.4 Å². The number of nitrogens with zero attached hydrogens (tertiary/aromatic N) is 1. The second kappa shape index (κ2) is 3.88. The van der Waals surface area contributed by atoms with Crippen LogP contribution in [-0.2, 0) is 4.79 Å². The van der Waals surface area contributed by atoms with Crippen LogP contribution in [-0.4, -0.2) is 16.1 Å². The first-order valence-electron chi connectivity index (χ1n) is 3.21. The summed E-state index contributed by atoms with van der Waals surface area (Å²) in [7, 11) is 0. The molecule has 0 saturated heterocycles. The van der Waals surface area contributed by atoms with Crippen molar-refractivity contribution in [2.75, 3.05) is 0 Å². The smallest absolute Gasteiger partial charge is 0.328 e. The van der Waals surface area contributed by atoms with Gasteiger partial charge in [-0.05, 0) is 18.2 Å². The number of pyridine rings is 1. The zero-order valence-electron chi connectivity index (χ0n) is 6.07. The Hall–Kier alpha value is -1.35. The highest BCUT2D eigenvalue weighted by molar-refractivity contribution is 6.31. The van der Waals surface area contributed by atoms with E-state index < -0.39 is 5.97 Å². The van der Waals surface area contributed by atoms with Crippen molar-refractivity contribution >= 4 is 23.6 Å². The van der Waals surface area contributed by atoms with Gasteiger partial charge in [0.2, 0.25) is 0 Å². The highest BCUT2D eigenvalue weighted by atomic mass is 35.5. The van der Waals surface area contributed by atoms with Crippen molar-refractivity contribution in [2.24, 2.45) is 0 Å². The summed E-state index contributed by atoms with van der Waals surface area (Å²) in [4.78, 5) is 14.0. The molecule has 0 radical (unpaired) electrons. The van der Waals surface area contributed by atoms with E-state index in [2.05, 4.69) is 4.98 Å². The first-order valence-corrected chi connectivity index (χ1v) is 3.59. The first-order chi connectivity index (χ1) is 5.70. The topological polar surface area (TPSA) is 50.2 Å². The highest BCUT2D eigenvalue weighted by Crippen LogP contribution is 2.12. The third-order valence-electron chi connectivity index (χ3n) is 1.17. The lowest BCUT2D eigenvalue weighted by Gasteiger charge is -1.93. The van der Waals surface area contributed by atoms with Gasteiger partial charge in [0.25, 0.3) is 0 Å². The Morgan fingerprint density at radius 3 is 3.00 bits per heavy atom. The molecule has 1 rings (SSSR count). The van der Waals surface area contributed by atoms with Crippen LogP contribution in [0, 0.1) is 0 Å². The third kappa shape index (κ3) is 2.36. The molecular weight excluding hydrogens is 178 g/mol. The van der Waals surface area contributed by atoms with Gasteiger partial charge in [0, 0.05) is 12.3 Å². The predicted octanol–water partition coefficient (Wildman–Crippen LogP) is 1.83. The zero-order valence-corrected chi connectivity index (χ0v) is 6.82. The summed E-state index contributed by atoms with van der Waals surface area (Å²) in [6.07, 6.45) is 3.90. The molecule has 1 heterocycles. The fourth-order valence-corrected chi connectivity index (χ4v) is 0.855. The van der Waals surface area contributed by atoms with E-state index in [1.807, 2.05) is 0 Å². The maximum atomic E-state index is 10.1. The molecule has 0 spiro atoms. The molecule has 12 heavy (non-hydrogen) atoms. The largest absolute Gasteiger partial charge is 0.478 e. The van der Waals surface area contributed by atoms with Crippen molar-refractivity contribution in [1.82, 2.24) is 4.98 Å². The molecule has 1 aromatic rings. The van der Waals surface area contributed by atoms with E-state index in [1.165, 1.54) is 6.08 Å². The standard InChI is InChI=1S/C8H6ClNO2/c9-6-2-1-5-10-7(6)3-4-8(11)12/h1-5H,(H,11,12). The summed E-state index contributed by atoms with van der Waals surface area (Å²) < 4.78 is 0. The number of carbonyl (C=O) groups is 1. The quantitative estimate of drug-likeness (QED) is 0.712. The lowest BCUT2D eigenvalue weighted by atomic mass is 10.3. The summed E-state index contributed by atoms with van der Waals surface area (Å²) in [6, 6.07) is 3.33. The van der Waals surface area contributed by atoms with E-state index in [0.29, 0.717) is 10.7 Å². The average Bonchev–Trinajstić information content (AvgIpc) is 2.03. The molecule has 4 heteroatoms. The molecule has 0 atom stereocenters. The van der Waals surface area contributed by atoms with Crippen molar-refractivity contribution in [3.63, 3.8) is 0 Å². The van der Waals surface area contributed by atoms with E-state index in [1.54, 1.807) is 18.3 Å². The van der Waals surface area contributed by atoms with Gasteiger partial charge in [-0.25, -0.2) is 4.79 Å². The van der Waals surface area contributed by atoms with E-state index in [9.17, 15) is 4.79 Å². The first kappa shape index (κ1) is 8.74. The zero-order chi connectivity index (χ0) is 8.97. The predicted molar refractivity (Wildman–Crippen MR) is 45.9 cm³/mol. The Morgan fingerprint density at radius 1 is 1.67 bits per heavy atom. The van der Waals surface area contributed by atoms with Gasteiger partial charge in [-0.15, -0.1) is 0 Å². The summed E-state index contributed by atoms with van der Waals surface area (Å²) >= 11 is 5.70. The van der Waals surface area contributed by atoms with Gasteiger partial charge in [-0.3, -0.25) is 4.98 Å². The Bertz CT molecular complexity index is 323. The fraction of sp³-hybridized carbons (Fsp3) is 0. The van der Waals surface area contributed by atoms with Crippen LogP contribution >= 0.6 is 11.6 Å². The molecule has 0 aliphatic carbocycles. The molecule has 0 aliphatic rings. The number of aromatic nitrogens is 1. The van der Waals surface area contributed by atoms with Gasteiger partial charge in [-0.2, -0.15) is 0 Å². The van der Waals surface area contributed by atoms with E-state index >= 15 is 0 Å². The van der Waals surface area contributed by atoms with E-state index in [-0.39, 0.29) is 0 Å². The van der Waals surface area contributed by atoms with Crippen LogP contribution in [0.4, 0.5) is 0 Å². The average molecular weight is 184 g/mol. The molecule has 0 bridgehead atoms. The Morgan fingerprint density at radius 2 is 2.42 bits per heavy atom. The molecule has 0 fully saturated rings. The molecule has 0 aliphatic heterocycles. The second-order valence-electron chi connectivity index (χ2n) is 2.04. The molecule has 1 aromatic heterocycles. The Balaban J connectivity index is 2.89. The number of aliphatic carboxylic acids is 1. The summed E-state index contributed by atoms with van der Waals surface area (Å²) in [5.74, 6) is -1.02. The maximum Gasteiger partial charge on any atom is 0.328 e. The van der Waals surface area contributed by atoms with Crippen molar-refractivity contribution in [3.8, 4) is 0 Å². The summed E-state index contributed by atoms with van der Waals surface area (Å²) in [5.41, 5.74) is 0.460. The molecule has 0 aromatic carbocycles. The maximum absolute atomic E-state index is 10.1. The molecule has 1 N–H and O–H groups in total. The van der Waals surface area contributed by atoms with Crippen LogP contribution in [0.1, 0.15) is 5.69 Å². The monoisotopic (exact) mass is 183 g/mol. The summed E-state index contributed by atoms with van der Waals surface area (Å²) in [6.45, 7) is 0. The summed E-state index contributed by atoms with van der Waals surface area (Å²) in [5, 5.41) is 8.75. The van der Waals surface area contributed by atoms with Crippen LogP contribution in [0.2, 0.25) is 5.02 Å².